The van der Waals surface area contributed by atoms with Gasteiger partial charge in [0, 0.05) is 18.2 Å². The van der Waals surface area contributed by atoms with Crippen molar-refractivity contribution in [2.45, 2.75) is 18.9 Å². The van der Waals surface area contributed by atoms with E-state index >= 15 is 0 Å². The largest absolute Gasteiger partial charge is 0.497 e. The molecule has 2 aromatic rings. The summed E-state index contributed by atoms with van der Waals surface area (Å²) < 4.78 is 21.9. The third kappa shape index (κ3) is 4.46. The van der Waals surface area contributed by atoms with Crippen LogP contribution in [0.3, 0.4) is 0 Å². The zero-order valence-electron chi connectivity index (χ0n) is 15.0. The first-order valence-corrected chi connectivity index (χ1v) is 8.57. The number of para-hydroxylation sites is 2. The van der Waals surface area contributed by atoms with E-state index in [1.807, 2.05) is 18.2 Å². The summed E-state index contributed by atoms with van der Waals surface area (Å²) in [6.07, 6.45) is 2.17. The van der Waals surface area contributed by atoms with Crippen molar-refractivity contribution in [1.29, 1.82) is 0 Å². The molecule has 1 atom stereocenters. The molecular formula is C20H23NO5. The first kappa shape index (κ1) is 18.1. The van der Waals surface area contributed by atoms with Crippen LogP contribution in [-0.2, 0) is 4.74 Å². The van der Waals surface area contributed by atoms with Crippen LogP contribution in [0.5, 0.6) is 17.2 Å². The second-order valence-electron chi connectivity index (χ2n) is 6.00. The molecule has 0 saturated carbocycles. The monoisotopic (exact) mass is 357 g/mol. The minimum Gasteiger partial charge on any atom is -0.497 e. The van der Waals surface area contributed by atoms with Crippen molar-refractivity contribution >= 4 is 11.6 Å². The summed E-state index contributed by atoms with van der Waals surface area (Å²) in [5.41, 5.74) is 1.05. The fourth-order valence-electron chi connectivity index (χ4n) is 2.79. The van der Waals surface area contributed by atoms with Gasteiger partial charge in [0.15, 0.2) is 0 Å². The first-order valence-electron chi connectivity index (χ1n) is 8.57. The van der Waals surface area contributed by atoms with Gasteiger partial charge in [0.25, 0.3) is 5.91 Å². The highest BCUT2D eigenvalue weighted by atomic mass is 16.5. The maximum absolute atomic E-state index is 12.7. The molecule has 0 spiro atoms. The summed E-state index contributed by atoms with van der Waals surface area (Å²) in [5.74, 6) is 1.46. The molecule has 0 aliphatic carbocycles. The van der Waals surface area contributed by atoms with Gasteiger partial charge in [0.2, 0.25) is 0 Å². The lowest BCUT2D eigenvalue weighted by Crippen LogP contribution is -2.18. The van der Waals surface area contributed by atoms with E-state index in [2.05, 4.69) is 5.32 Å². The third-order valence-corrected chi connectivity index (χ3v) is 4.20. The summed E-state index contributed by atoms with van der Waals surface area (Å²) in [4.78, 5) is 12.7. The van der Waals surface area contributed by atoms with Crippen molar-refractivity contribution in [1.82, 2.24) is 0 Å². The number of anilines is 1. The number of hydrogen-bond acceptors (Lipinski definition) is 5. The van der Waals surface area contributed by atoms with Gasteiger partial charge < -0.3 is 24.3 Å². The van der Waals surface area contributed by atoms with Gasteiger partial charge in [-0.25, -0.2) is 0 Å². The highest BCUT2D eigenvalue weighted by Crippen LogP contribution is 2.27. The number of hydrogen-bond donors (Lipinski definition) is 1. The smallest absolute Gasteiger partial charge is 0.256 e. The van der Waals surface area contributed by atoms with Crippen LogP contribution in [-0.4, -0.2) is 39.4 Å². The quantitative estimate of drug-likeness (QED) is 0.821. The number of ether oxygens (including phenoxy) is 4. The Labute approximate surface area is 153 Å². The second-order valence-corrected chi connectivity index (χ2v) is 6.00. The number of carbonyl (C=O) groups is 1. The molecule has 2 aromatic carbocycles. The molecule has 138 valence electrons. The fraction of sp³-hybridized carbons (Fsp3) is 0.350. The molecule has 1 unspecified atom stereocenters. The molecule has 0 aromatic heterocycles. The summed E-state index contributed by atoms with van der Waals surface area (Å²) in [6.45, 7) is 1.25. The van der Waals surface area contributed by atoms with Crippen molar-refractivity contribution < 1.29 is 23.7 Å². The van der Waals surface area contributed by atoms with E-state index in [9.17, 15) is 4.79 Å². The van der Waals surface area contributed by atoms with E-state index in [4.69, 9.17) is 18.9 Å². The van der Waals surface area contributed by atoms with Gasteiger partial charge in [-0.15, -0.1) is 0 Å². The van der Waals surface area contributed by atoms with Crippen LogP contribution in [0.4, 0.5) is 5.69 Å². The van der Waals surface area contributed by atoms with Crippen LogP contribution in [0.15, 0.2) is 42.5 Å². The topological polar surface area (TPSA) is 66.0 Å². The molecule has 26 heavy (non-hydrogen) atoms. The standard InChI is InChI=1S/C20H23NO5/c1-23-16-10-14(11-17(12-16)24-2)20(22)21-18-7-3-4-8-19(18)26-13-15-6-5-9-25-15/h3-4,7-8,10-12,15H,5-6,9,13H2,1-2H3,(H,21,22). The van der Waals surface area contributed by atoms with E-state index in [0.717, 1.165) is 19.4 Å². The van der Waals surface area contributed by atoms with Gasteiger partial charge in [-0.05, 0) is 37.1 Å². The van der Waals surface area contributed by atoms with Crippen LogP contribution < -0.4 is 19.5 Å². The average molecular weight is 357 g/mol. The predicted octanol–water partition coefficient (Wildman–Crippen LogP) is 3.51. The lowest BCUT2D eigenvalue weighted by atomic mass is 10.1. The second kappa shape index (κ2) is 8.58. The molecule has 1 amide bonds. The van der Waals surface area contributed by atoms with E-state index in [1.165, 1.54) is 0 Å². The summed E-state index contributed by atoms with van der Waals surface area (Å²) in [7, 11) is 3.09. The number of rotatable bonds is 7. The summed E-state index contributed by atoms with van der Waals surface area (Å²) >= 11 is 0. The Hall–Kier alpha value is -2.73. The van der Waals surface area contributed by atoms with Crippen molar-refractivity contribution in [3.05, 3.63) is 48.0 Å². The van der Waals surface area contributed by atoms with E-state index in [0.29, 0.717) is 35.1 Å². The summed E-state index contributed by atoms with van der Waals surface area (Å²) in [5, 5.41) is 2.89. The van der Waals surface area contributed by atoms with Gasteiger partial charge in [-0.3, -0.25) is 4.79 Å². The molecule has 0 bridgehead atoms. The molecule has 6 heteroatoms. The Morgan fingerprint density at radius 3 is 2.54 bits per heavy atom. The summed E-state index contributed by atoms with van der Waals surface area (Å²) in [6, 6.07) is 12.4. The first-order chi connectivity index (χ1) is 12.7. The minimum absolute atomic E-state index is 0.112. The third-order valence-electron chi connectivity index (χ3n) is 4.20. The Morgan fingerprint density at radius 2 is 1.88 bits per heavy atom. The lowest BCUT2D eigenvalue weighted by molar-refractivity contribution is 0.0682. The average Bonchev–Trinajstić information content (AvgIpc) is 3.20. The molecule has 1 heterocycles. The minimum atomic E-state index is -0.268. The number of nitrogens with one attached hydrogen (secondary N) is 1. The van der Waals surface area contributed by atoms with Crippen LogP contribution in [0.25, 0.3) is 0 Å². The molecular weight excluding hydrogens is 334 g/mol. The van der Waals surface area contributed by atoms with Gasteiger partial charge in [0.05, 0.1) is 26.0 Å². The number of methoxy groups -OCH3 is 2. The normalized spacial score (nSPS) is 16.2. The number of carbonyl (C=O) groups excluding carboxylic acids is 1. The molecule has 1 fully saturated rings. The molecule has 0 radical (unpaired) electrons. The van der Waals surface area contributed by atoms with E-state index < -0.39 is 0 Å². The molecule has 3 rings (SSSR count). The molecule has 1 N–H and O–H groups in total. The zero-order chi connectivity index (χ0) is 18.4. The zero-order valence-corrected chi connectivity index (χ0v) is 15.0. The van der Waals surface area contributed by atoms with Crippen LogP contribution in [0.1, 0.15) is 23.2 Å². The van der Waals surface area contributed by atoms with Crippen LogP contribution >= 0.6 is 0 Å². The maximum Gasteiger partial charge on any atom is 0.256 e. The number of benzene rings is 2. The molecule has 1 saturated heterocycles. The Balaban J connectivity index is 1.73. The lowest BCUT2D eigenvalue weighted by Gasteiger charge is -2.15. The van der Waals surface area contributed by atoms with E-state index in [-0.39, 0.29) is 12.0 Å². The fourth-order valence-corrected chi connectivity index (χ4v) is 2.79. The van der Waals surface area contributed by atoms with Gasteiger partial charge in [0.1, 0.15) is 23.9 Å². The van der Waals surface area contributed by atoms with Gasteiger partial charge in [-0.1, -0.05) is 12.1 Å². The van der Waals surface area contributed by atoms with Gasteiger partial charge >= 0.3 is 0 Å². The molecule has 6 nitrogen and oxygen atoms in total. The van der Waals surface area contributed by atoms with Crippen molar-refractivity contribution in [2.75, 3.05) is 32.8 Å². The highest BCUT2D eigenvalue weighted by Gasteiger charge is 2.17. The number of amides is 1. The molecule has 1 aliphatic rings. The SMILES string of the molecule is COc1cc(OC)cc(C(=O)Nc2ccccc2OCC2CCCO2)c1. The van der Waals surface area contributed by atoms with Crippen LogP contribution in [0, 0.1) is 0 Å². The van der Waals surface area contributed by atoms with Crippen molar-refractivity contribution in [2.24, 2.45) is 0 Å². The van der Waals surface area contributed by atoms with Crippen LogP contribution in [0.2, 0.25) is 0 Å². The Kier molecular flexibility index (Phi) is 5.96. The Bertz CT molecular complexity index is 733. The molecule has 1 aliphatic heterocycles. The van der Waals surface area contributed by atoms with Gasteiger partial charge in [-0.2, -0.15) is 0 Å². The van der Waals surface area contributed by atoms with Crippen molar-refractivity contribution in [3.8, 4) is 17.2 Å². The predicted molar refractivity (Wildman–Crippen MR) is 98.4 cm³/mol. The van der Waals surface area contributed by atoms with Crippen molar-refractivity contribution in [3.63, 3.8) is 0 Å². The van der Waals surface area contributed by atoms with E-state index in [1.54, 1.807) is 38.5 Å². The maximum atomic E-state index is 12.7. The Morgan fingerprint density at radius 1 is 1.15 bits per heavy atom. The highest BCUT2D eigenvalue weighted by molar-refractivity contribution is 6.05.